The minimum atomic E-state index is -0.231. The van der Waals surface area contributed by atoms with Crippen molar-refractivity contribution in [2.24, 2.45) is 5.92 Å². The number of likely N-dealkylation sites (tertiary alicyclic amines) is 1. The number of para-hydroxylation sites is 1. The van der Waals surface area contributed by atoms with Gasteiger partial charge in [-0.25, -0.2) is 0 Å². The predicted octanol–water partition coefficient (Wildman–Crippen LogP) is 2.43. The Balaban J connectivity index is 1.49. The van der Waals surface area contributed by atoms with Gasteiger partial charge >= 0.3 is 0 Å². The minimum Gasteiger partial charge on any atom is -0.451 e. The maximum Gasteiger partial charge on any atom is 0.289 e. The number of benzene rings is 1. The highest BCUT2D eigenvalue weighted by molar-refractivity contribution is 5.93. The second-order valence-electron chi connectivity index (χ2n) is 6.41. The summed E-state index contributed by atoms with van der Waals surface area (Å²) in [5, 5.41) is 0.496. The number of fused-ring (bicyclic) bond motifs is 1. The topological polar surface area (TPSA) is 59.8 Å². The zero-order chi connectivity index (χ0) is 15.8. The summed E-state index contributed by atoms with van der Waals surface area (Å²) in [6, 6.07) is 8.27. The van der Waals surface area contributed by atoms with Gasteiger partial charge in [0.1, 0.15) is 5.58 Å². The molecule has 2 aliphatic rings. The van der Waals surface area contributed by atoms with E-state index in [0.717, 1.165) is 18.9 Å². The minimum absolute atomic E-state index is 0.103. The molecule has 2 aromatic rings. The Morgan fingerprint density at radius 1 is 1.26 bits per heavy atom. The standard InChI is InChI=1S/C18H19NO4/c20-15-9-17(23-16-4-2-1-3-14(15)16)18(21)19-8-7-13(10-19)22-11-12-5-6-12/h1-4,9,12-13H,5-8,10-11H2. The van der Waals surface area contributed by atoms with Crippen LogP contribution in [0.3, 0.4) is 0 Å². The Bertz CT molecular complexity index is 793. The molecule has 0 bridgehead atoms. The molecule has 2 heterocycles. The third kappa shape index (κ3) is 3.01. The molecule has 1 aromatic carbocycles. The number of hydrogen-bond donors (Lipinski definition) is 0. The van der Waals surface area contributed by atoms with Gasteiger partial charge in [-0.05, 0) is 37.3 Å². The molecule has 1 aromatic heterocycles. The van der Waals surface area contributed by atoms with E-state index in [1.807, 2.05) is 0 Å². The van der Waals surface area contributed by atoms with E-state index in [9.17, 15) is 9.59 Å². The van der Waals surface area contributed by atoms with E-state index in [-0.39, 0.29) is 23.2 Å². The quantitative estimate of drug-likeness (QED) is 0.870. The fourth-order valence-electron chi connectivity index (χ4n) is 2.97. The number of carbonyl (C=O) groups excluding carboxylic acids is 1. The molecule has 5 nitrogen and oxygen atoms in total. The average Bonchev–Trinajstić information content (AvgIpc) is 3.28. The first-order valence-corrected chi connectivity index (χ1v) is 8.14. The molecule has 1 aliphatic heterocycles. The van der Waals surface area contributed by atoms with E-state index in [2.05, 4.69) is 0 Å². The van der Waals surface area contributed by atoms with E-state index in [0.29, 0.717) is 24.1 Å². The Kier molecular flexibility index (Phi) is 3.65. The summed E-state index contributed by atoms with van der Waals surface area (Å²) in [7, 11) is 0. The zero-order valence-corrected chi connectivity index (χ0v) is 12.9. The van der Waals surface area contributed by atoms with Gasteiger partial charge in [0, 0.05) is 25.8 Å². The zero-order valence-electron chi connectivity index (χ0n) is 12.9. The maximum atomic E-state index is 12.6. The molecule has 1 saturated heterocycles. The SMILES string of the molecule is O=C(c1cc(=O)c2ccccc2o1)N1CCC(OCC2CC2)C1. The van der Waals surface area contributed by atoms with Crippen LogP contribution in [0.1, 0.15) is 29.8 Å². The molecule has 0 N–H and O–H groups in total. The summed E-state index contributed by atoms with van der Waals surface area (Å²) in [4.78, 5) is 26.4. The predicted molar refractivity (Wildman–Crippen MR) is 85.5 cm³/mol. The van der Waals surface area contributed by atoms with Crippen molar-refractivity contribution in [1.82, 2.24) is 4.90 Å². The molecule has 1 aliphatic carbocycles. The number of nitrogens with zero attached hydrogens (tertiary/aromatic N) is 1. The van der Waals surface area contributed by atoms with Crippen molar-refractivity contribution in [2.45, 2.75) is 25.4 Å². The molecule has 1 unspecified atom stereocenters. The third-order valence-electron chi connectivity index (χ3n) is 4.54. The van der Waals surface area contributed by atoms with Crippen LogP contribution in [-0.4, -0.2) is 36.6 Å². The number of hydrogen-bond acceptors (Lipinski definition) is 4. The van der Waals surface area contributed by atoms with Crippen molar-refractivity contribution in [3.63, 3.8) is 0 Å². The normalized spacial score (nSPS) is 21.0. The molecular formula is C18H19NO4. The van der Waals surface area contributed by atoms with E-state index >= 15 is 0 Å². The van der Waals surface area contributed by atoms with E-state index in [1.54, 1.807) is 29.2 Å². The van der Waals surface area contributed by atoms with E-state index in [4.69, 9.17) is 9.15 Å². The van der Waals surface area contributed by atoms with Gasteiger partial charge in [-0.1, -0.05) is 12.1 Å². The van der Waals surface area contributed by atoms with Gasteiger partial charge in [0.05, 0.1) is 11.5 Å². The third-order valence-corrected chi connectivity index (χ3v) is 4.54. The smallest absolute Gasteiger partial charge is 0.289 e. The highest BCUT2D eigenvalue weighted by Gasteiger charge is 2.31. The van der Waals surface area contributed by atoms with Crippen molar-refractivity contribution in [3.8, 4) is 0 Å². The average molecular weight is 313 g/mol. The number of carbonyl (C=O) groups is 1. The van der Waals surface area contributed by atoms with Gasteiger partial charge in [-0.3, -0.25) is 9.59 Å². The summed E-state index contributed by atoms with van der Waals surface area (Å²) in [5.74, 6) is 0.597. The number of rotatable bonds is 4. The number of amides is 1. The van der Waals surface area contributed by atoms with Crippen LogP contribution >= 0.6 is 0 Å². The van der Waals surface area contributed by atoms with Crippen LogP contribution in [0.4, 0.5) is 0 Å². The summed E-state index contributed by atoms with van der Waals surface area (Å²) < 4.78 is 11.5. The Labute approximate surface area is 133 Å². The molecule has 120 valence electrons. The van der Waals surface area contributed by atoms with Crippen molar-refractivity contribution < 1.29 is 13.9 Å². The molecule has 23 heavy (non-hydrogen) atoms. The second-order valence-corrected chi connectivity index (χ2v) is 6.41. The molecule has 1 amide bonds. The van der Waals surface area contributed by atoms with Crippen molar-refractivity contribution in [1.29, 1.82) is 0 Å². The van der Waals surface area contributed by atoms with Crippen LogP contribution in [-0.2, 0) is 4.74 Å². The van der Waals surface area contributed by atoms with Gasteiger partial charge in [0.15, 0.2) is 11.2 Å². The molecule has 0 radical (unpaired) electrons. The molecule has 1 atom stereocenters. The summed E-state index contributed by atoms with van der Waals surface area (Å²) >= 11 is 0. The van der Waals surface area contributed by atoms with Crippen molar-refractivity contribution in [2.75, 3.05) is 19.7 Å². The Morgan fingerprint density at radius 2 is 2.09 bits per heavy atom. The Hall–Kier alpha value is -2.14. The lowest BCUT2D eigenvalue weighted by Crippen LogP contribution is -2.31. The largest absolute Gasteiger partial charge is 0.451 e. The van der Waals surface area contributed by atoms with Gasteiger partial charge in [0.25, 0.3) is 5.91 Å². The monoisotopic (exact) mass is 313 g/mol. The van der Waals surface area contributed by atoms with E-state index in [1.165, 1.54) is 18.9 Å². The fourth-order valence-corrected chi connectivity index (χ4v) is 2.97. The van der Waals surface area contributed by atoms with Crippen LogP contribution in [0.2, 0.25) is 0 Å². The lowest BCUT2D eigenvalue weighted by atomic mass is 10.2. The number of ether oxygens (including phenoxy) is 1. The summed E-state index contributed by atoms with van der Waals surface area (Å²) in [6.45, 7) is 2.02. The second kappa shape index (κ2) is 5.81. The lowest BCUT2D eigenvalue weighted by Gasteiger charge is -2.16. The molecule has 0 spiro atoms. The van der Waals surface area contributed by atoms with Crippen LogP contribution in [0.5, 0.6) is 0 Å². The molecular weight excluding hydrogens is 294 g/mol. The van der Waals surface area contributed by atoms with Gasteiger partial charge < -0.3 is 14.1 Å². The van der Waals surface area contributed by atoms with Crippen molar-refractivity contribution in [3.05, 3.63) is 46.3 Å². The van der Waals surface area contributed by atoms with Crippen LogP contribution in [0.15, 0.2) is 39.5 Å². The first-order valence-electron chi connectivity index (χ1n) is 8.14. The highest BCUT2D eigenvalue weighted by Crippen LogP contribution is 2.30. The van der Waals surface area contributed by atoms with Crippen LogP contribution in [0.25, 0.3) is 11.0 Å². The molecule has 5 heteroatoms. The van der Waals surface area contributed by atoms with Crippen molar-refractivity contribution >= 4 is 16.9 Å². The highest BCUT2D eigenvalue weighted by atomic mass is 16.5. The fraction of sp³-hybridized carbons (Fsp3) is 0.444. The van der Waals surface area contributed by atoms with Gasteiger partial charge in [0.2, 0.25) is 0 Å². The lowest BCUT2D eigenvalue weighted by molar-refractivity contribution is 0.0472. The maximum absolute atomic E-state index is 12.6. The first-order chi connectivity index (χ1) is 11.2. The Morgan fingerprint density at radius 3 is 2.91 bits per heavy atom. The summed E-state index contributed by atoms with van der Waals surface area (Å²) in [6.07, 6.45) is 3.47. The first kappa shape index (κ1) is 14.5. The molecule has 2 fully saturated rings. The molecule has 4 rings (SSSR count). The molecule has 1 saturated carbocycles. The summed E-state index contributed by atoms with van der Waals surface area (Å²) in [5.41, 5.74) is 0.264. The van der Waals surface area contributed by atoms with Crippen LogP contribution < -0.4 is 5.43 Å². The van der Waals surface area contributed by atoms with Gasteiger partial charge in [-0.15, -0.1) is 0 Å². The van der Waals surface area contributed by atoms with E-state index < -0.39 is 0 Å². The van der Waals surface area contributed by atoms with Gasteiger partial charge in [-0.2, -0.15) is 0 Å². The van der Waals surface area contributed by atoms with Crippen LogP contribution in [0, 0.1) is 5.92 Å².